The Bertz CT molecular complexity index is 349. The van der Waals surface area contributed by atoms with E-state index in [0.29, 0.717) is 11.0 Å². The van der Waals surface area contributed by atoms with Crippen molar-refractivity contribution in [1.82, 2.24) is 0 Å². The van der Waals surface area contributed by atoms with Gasteiger partial charge < -0.3 is 4.90 Å². The summed E-state index contributed by atoms with van der Waals surface area (Å²) >= 11 is 3.32. The first-order valence-corrected chi connectivity index (χ1v) is 6.38. The smallest absolute Gasteiger partial charge is 0.146 e. The number of alkyl halides is 1. The molecule has 1 nitrogen and oxygen atoms in total. The average Bonchev–Trinajstić information content (AvgIpc) is 3.01. The molecule has 0 heterocycles. The van der Waals surface area contributed by atoms with Crippen LogP contribution in [0.3, 0.4) is 0 Å². The molecule has 0 unspecified atom stereocenters. The average molecular weight is 272 g/mol. The minimum absolute atomic E-state index is 0.116. The van der Waals surface area contributed by atoms with Gasteiger partial charge in [0, 0.05) is 18.9 Å². The largest absolute Gasteiger partial charge is 0.372 e. The van der Waals surface area contributed by atoms with E-state index in [1.165, 1.54) is 12.8 Å². The van der Waals surface area contributed by atoms with Gasteiger partial charge in [0.25, 0.3) is 0 Å². The Labute approximate surface area is 98.4 Å². The van der Waals surface area contributed by atoms with Gasteiger partial charge in [-0.15, -0.1) is 0 Å². The second kappa shape index (κ2) is 4.52. The highest BCUT2D eigenvalue weighted by atomic mass is 79.9. The van der Waals surface area contributed by atoms with Crippen LogP contribution in [0.25, 0.3) is 0 Å². The summed E-state index contributed by atoms with van der Waals surface area (Å²) in [5.74, 6) is 0.667. The van der Waals surface area contributed by atoms with Crippen LogP contribution in [0.1, 0.15) is 18.4 Å². The summed E-state index contributed by atoms with van der Waals surface area (Å²) in [5.41, 5.74) is 1.70. The molecule has 1 aliphatic carbocycles. The van der Waals surface area contributed by atoms with Gasteiger partial charge in [-0.25, -0.2) is 4.39 Å². The summed E-state index contributed by atoms with van der Waals surface area (Å²) < 4.78 is 13.7. The van der Waals surface area contributed by atoms with E-state index in [1.54, 1.807) is 6.07 Å². The number of nitrogens with zero attached hydrogens (tertiary/aromatic N) is 1. The zero-order chi connectivity index (χ0) is 10.8. The predicted molar refractivity (Wildman–Crippen MR) is 65.0 cm³/mol. The van der Waals surface area contributed by atoms with Crippen molar-refractivity contribution in [2.75, 3.05) is 18.5 Å². The second-order valence-corrected chi connectivity index (χ2v) is 4.80. The van der Waals surface area contributed by atoms with Crippen LogP contribution in [0.5, 0.6) is 0 Å². The number of halogens is 2. The zero-order valence-corrected chi connectivity index (χ0v) is 10.4. The van der Waals surface area contributed by atoms with E-state index in [0.717, 1.165) is 18.0 Å². The Morgan fingerprint density at radius 2 is 2.20 bits per heavy atom. The van der Waals surface area contributed by atoms with Crippen molar-refractivity contribution in [3.63, 3.8) is 0 Å². The van der Waals surface area contributed by atoms with Crippen molar-refractivity contribution in [2.24, 2.45) is 5.92 Å². The second-order valence-electron chi connectivity index (χ2n) is 4.24. The van der Waals surface area contributed by atoms with Gasteiger partial charge in [0.15, 0.2) is 0 Å². The van der Waals surface area contributed by atoms with Crippen LogP contribution in [0.15, 0.2) is 18.2 Å². The zero-order valence-electron chi connectivity index (χ0n) is 8.84. The first kappa shape index (κ1) is 10.9. The molecular weight excluding hydrogens is 257 g/mol. The fraction of sp³-hybridized carbons (Fsp3) is 0.500. The van der Waals surface area contributed by atoms with Crippen LogP contribution in [-0.4, -0.2) is 13.6 Å². The monoisotopic (exact) mass is 271 g/mol. The molecule has 1 fully saturated rings. The quantitative estimate of drug-likeness (QED) is 0.757. The normalized spacial score (nSPS) is 15.4. The van der Waals surface area contributed by atoms with E-state index in [-0.39, 0.29) is 5.82 Å². The van der Waals surface area contributed by atoms with Crippen molar-refractivity contribution < 1.29 is 4.39 Å². The Morgan fingerprint density at radius 3 is 2.73 bits per heavy atom. The van der Waals surface area contributed by atoms with Crippen molar-refractivity contribution in [1.29, 1.82) is 0 Å². The summed E-state index contributed by atoms with van der Waals surface area (Å²) in [4.78, 5) is 2.02. The molecule has 1 saturated carbocycles. The molecule has 15 heavy (non-hydrogen) atoms. The molecule has 0 aromatic heterocycles. The molecule has 0 amide bonds. The van der Waals surface area contributed by atoms with E-state index < -0.39 is 0 Å². The Hall–Kier alpha value is -0.570. The molecule has 0 N–H and O–H groups in total. The highest BCUT2D eigenvalue weighted by Gasteiger charge is 2.23. The Kier molecular flexibility index (Phi) is 3.29. The van der Waals surface area contributed by atoms with E-state index >= 15 is 0 Å². The fourth-order valence-electron chi connectivity index (χ4n) is 1.73. The van der Waals surface area contributed by atoms with E-state index in [2.05, 4.69) is 15.9 Å². The minimum Gasteiger partial charge on any atom is -0.372 e. The summed E-state index contributed by atoms with van der Waals surface area (Å²) in [5, 5.41) is 0.705. The minimum atomic E-state index is -0.116. The van der Waals surface area contributed by atoms with Gasteiger partial charge >= 0.3 is 0 Å². The van der Waals surface area contributed by atoms with Gasteiger partial charge in [-0.05, 0) is 36.5 Å². The SMILES string of the molecule is CN(CC1CC1)c1ccc(CBr)cc1F. The predicted octanol–water partition coefficient (Wildman–Crippen LogP) is 3.57. The lowest BCUT2D eigenvalue weighted by Gasteiger charge is -2.19. The molecule has 2 rings (SSSR count). The van der Waals surface area contributed by atoms with E-state index in [9.17, 15) is 4.39 Å². The molecule has 0 saturated heterocycles. The molecule has 1 aliphatic rings. The molecule has 0 bridgehead atoms. The lowest BCUT2D eigenvalue weighted by Crippen LogP contribution is -2.21. The van der Waals surface area contributed by atoms with Crippen LogP contribution in [0.2, 0.25) is 0 Å². The Morgan fingerprint density at radius 1 is 1.47 bits per heavy atom. The molecule has 0 aliphatic heterocycles. The molecule has 0 atom stereocenters. The standard InChI is InChI=1S/C12H15BrFN/c1-15(8-9-2-3-9)12-5-4-10(7-13)6-11(12)14/h4-6,9H,2-3,7-8H2,1H3. The number of hydrogen-bond donors (Lipinski definition) is 0. The molecular formula is C12H15BrFN. The number of benzene rings is 1. The van der Waals surface area contributed by atoms with E-state index in [1.807, 2.05) is 24.1 Å². The molecule has 1 aromatic rings. The van der Waals surface area contributed by atoms with Gasteiger partial charge in [0.2, 0.25) is 0 Å². The van der Waals surface area contributed by atoms with Gasteiger partial charge in [-0.1, -0.05) is 22.0 Å². The molecule has 1 aromatic carbocycles. The number of anilines is 1. The molecule has 82 valence electrons. The third kappa shape index (κ3) is 2.71. The lowest BCUT2D eigenvalue weighted by molar-refractivity contribution is 0.618. The highest BCUT2D eigenvalue weighted by molar-refractivity contribution is 9.08. The number of hydrogen-bond acceptors (Lipinski definition) is 1. The number of rotatable bonds is 4. The van der Waals surface area contributed by atoms with Crippen molar-refractivity contribution in [2.45, 2.75) is 18.2 Å². The maximum atomic E-state index is 13.7. The Balaban J connectivity index is 2.11. The van der Waals surface area contributed by atoms with Crippen molar-refractivity contribution in [3.05, 3.63) is 29.6 Å². The van der Waals surface area contributed by atoms with Crippen LogP contribution < -0.4 is 4.90 Å². The summed E-state index contributed by atoms with van der Waals surface area (Å²) in [6.45, 7) is 0.977. The van der Waals surface area contributed by atoms with Crippen LogP contribution in [0.4, 0.5) is 10.1 Å². The van der Waals surface area contributed by atoms with Gasteiger partial charge in [-0.3, -0.25) is 0 Å². The first-order valence-electron chi connectivity index (χ1n) is 5.26. The van der Waals surface area contributed by atoms with Gasteiger partial charge in [-0.2, -0.15) is 0 Å². The summed E-state index contributed by atoms with van der Waals surface area (Å²) in [6, 6.07) is 5.44. The highest BCUT2D eigenvalue weighted by Crippen LogP contribution is 2.31. The summed E-state index contributed by atoms with van der Waals surface area (Å²) in [7, 11) is 1.96. The topological polar surface area (TPSA) is 3.24 Å². The maximum absolute atomic E-state index is 13.7. The third-order valence-electron chi connectivity index (χ3n) is 2.81. The van der Waals surface area contributed by atoms with E-state index in [4.69, 9.17) is 0 Å². The summed E-state index contributed by atoms with van der Waals surface area (Å²) in [6.07, 6.45) is 2.59. The first-order chi connectivity index (χ1) is 7.20. The fourth-order valence-corrected chi connectivity index (χ4v) is 2.08. The van der Waals surface area contributed by atoms with Crippen LogP contribution in [0, 0.1) is 11.7 Å². The van der Waals surface area contributed by atoms with Gasteiger partial charge in [0.1, 0.15) is 5.82 Å². The van der Waals surface area contributed by atoms with Crippen LogP contribution >= 0.6 is 15.9 Å². The van der Waals surface area contributed by atoms with Crippen LogP contribution in [-0.2, 0) is 5.33 Å². The van der Waals surface area contributed by atoms with Crippen molar-refractivity contribution in [3.8, 4) is 0 Å². The third-order valence-corrected chi connectivity index (χ3v) is 3.45. The van der Waals surface area contributed by atoms with Gasteiger partial charge in [0.05, 0.1) is 5.69 Å². The lowest BCUT2D eigenvalue weighted by atomic mass is 10.2. The maximum Gasteiger partial charge on any atom is 0.146 e. The van der Waals surface area contributed by atoms with Crippen molar-refractivity contribution >= 4 is 21.6 Å². The molecule has 0 radical (unpaired) electrons. The molecule has 3 heteroatoms. The molecule has 0 spiro atoms.